The van der Waals surface area contributed by atoms with Crippen molar-refractivity contribution in [2.75, 3.05) is 25.5 Å². The number of hydrogen-bond donors (Lipinski definition) is 1. The van der Waals surface area contributed by atoms with E-state index in [0.29, 0.717) is 23.8 Å². The highest BCUT2D eigenvalue weighted by Crippen LogP contribution is 2.26. The Balaban J connectivity index is 1.38. The van der Waals surface area contributed by atoms with Crippen LogP contribution in [0.3, 0.4) is 0 Å². The summed E-state index contributed by atoms with van der Waals surface area (Å²) in [5.41, 5.74) is 3.80. The molecule has 1 N–H and O–H groups in total. The number of fused-ring (bicyclic) bond motifs is 3. The monoisotopic (exact) mass is 476 g/mol. The highest BCUT2D eigenvalue weighted by Gasteiger charge is 2.27. The molecule has 34 heavy (non-hydrogen) atoms. The number of aryl methyl sites for hydroxylation is 2. The van der Waals surface area contributed by atoms with Crippen LogP contribution in [0.4, 0.5) is 5.82 Å². The summed E-state index contributed by atoms with van der Waals surface area (Å²) in [5.74, 6) is 1.29. The molecule has 5 rings (SSSR count). The largest absolute Gasteiger partial charge is 0.497 e. The number of nitrogens with zero attached hydrogens (tertiary/aromatic N) is 5. The quantitative estimate of drug-likeness (QED) is 0.432. The molecule has 1 aromatic carbocycles. The first-order valence-corrected chi connectivity index (χ1v) is 11.9. The van der Waals surface area contributed by atoms with Crippen LogP contribution in [0.1, 0.15) is 24.1 Å². The maximum Gasteiger partial charge on any atom is 0.229 e. The number of carbonyl (C=O) groups excluding carboxylic acids is 1. The van der Waals surface area contributed by atoms with E-state index in [4.69, 9.17) is 22.1 Å². The maximum atomic E-state index is 12.9. The zero-order valence-electron chi connectivity index (χ0n) is 19.6. The highest BCUT2D eigenvalue weighted by atomic mass is 32.1. The molecule has 1 aliphatic heterocycles. The molecule has 3 aromatic heterocycles. The second-order valence-electron chi connectivity index (χ2n) is 8.90. The van der Waals surface area contributed by atoms with Crippen LogP contribution in [0.15, 0.2) is 42.5 Å². The number of likely N-dealkylation sites (tertiary alicyclic amines) is 1. The molecule has 1 unspecified atom stereocenters. The van der Waals surface area contributed by atoms with Crippen molar-refractivity contribution in [3.05, 3.63) is 58.5 Å². The fourth-order valence-electron chi connectivity index (χ4n) is 4.69. The molecule has 1 atom stereocenters. The SMILES string of the molecule is COc1ccc2c(C)cc3nn(CN4CCCC(C(=O)Nc5cccc(C)n5)C4)c(=S)n3c2c1. The zero-order chi connectivity index (χ0) is 23.8. The van der Waals surface area contributed by atoms with Crippen molar-refractivity contribution in [2.24, 2.45) is 5.92 Å². The van der Waals surface area contributed by atoms with Gasteiger partial charge in [0.15, 0.2) is 5.65 Å². The van der Waals surface area contributed by atoms with E-state index in [1.54, 1.807) is 7.11 Å². The Morgan fingerprint density at radius 2 is 2.09 bits per heavy atom. The summed E-state index contributed by atoms with van der Waals surface area (Å²) in [6, 6.07) is 13.7. The average molecular weight is 477 g/mol. The average Bonchev–Trinajstić information content (AvgIpc) is 3.13. The molecule has 1 fully saturated rings. The minimum atomic E-state index is -0.102. The van der Waals surface area contributed by atoms with Crippen LogP contribution in [-0.4, -0.2) is 50.2 Å². The number of hydrogen-bond acceptors (Lipinski definition) is 6. The molecule has 0 spiro atoms. The molecule has 1 aliphatic rings. The summed E-state index contributed by atoms with van der Waals surface area (Å²) in [5, 5.41) is 8.89. The first kappa shape index (κ1) is 22.5. The molecule has 0 saturated carbocycles. The zero-order valence-corrected chi connectivity index (χ0v) is 20.4. The number of ether oxygens (including phenoxy) is 1. The van der Waals surface area contributed by atoms with Crippen LogP contribution in [0.5, 0.6) is 5.75 Å². The number of rotatable bonds is 5. The van der Waals surface area contributed by atoms with Gasteiger partial charge >= 0.3 is 0 Å². The summed E-state index contributed by atoms with van der Waals surface area (Å²) < 4.78 is 9.92. The van der Waals surface area contributed by atoms with Gasteiger partial charge in [0.25, 0.3) is 0 Å². The van der Waals surface area contributed by atoms with E-state index in [1.165, 1.54) is 0 Å². The van der Waals surface area contributed by atoms with Crippen molar-refractivity contribution in [1.82, 2.24) is 24.1 Å². The molecule has 1 amide bonds. The topological polar surface area (TPSA) is 76.7 Å². The first-order valence-electron chi connectivity index (χ1n) is 11.5. The summed E-state index contributed by atoms with van der Waals surface area (Å²) >= 11 is 5.83. The fraction of sp³-hybridized carbons (Fsp3) is 0.360. The van der Waals surface area contributed by atoms with Gasteiger partial charge in [-0.2, -0.15) is 5.10 Å². The Hall–Kier alpha value is -3.30. The molecule has 9 heteroatoms. The number of aromatic nitrogens is 4. The third-order valence-electron chi connectivity index (χ3n) is 6.43. The summed E-state index contributed by atoms with van der Waals surface area (Å²) in [4.78, 5) is 19.5. The van der Waals surface area contributed by atoms with E-state index in [0.717, 1.165) is 52.9 Å². The number of carbonyl (C=O) groups is 1. The highest BCUT2D eigenvalue weighted by molar-refractivity contribution is 7.71. The van der Waals surface area contributed by atoms with Crippen molar-refractivity contribution in [3.63, 3.8) is 0 Å². The third kappa shape index (κ3) is 4.28. The van der Waals surface area contributed by atoms with Crippen molar-refractivity contribution in [2.45, 2.75) is 33.4 Å². The van der Waals surface area contributed by atoms with Crippen molar-refractivity contribution >= 4 is 40.5 Å². The molecule has 0 bridgehead atoms. The Morgan fingerprint density at radius 3 is 2.88 bits per heavy atom. The Bertz CT molecular complexity index is 1440. The Morgan fingerprint density at radius 1 is 1.24 bits per heavy atom. The van der Waals surface area contributed by atoms with Crippen molar-refractivity contribution < 1.29 is 9.53 Å². The summed E-state index contributed by atoms with van der Waals surface area (Å²) in [7, 11) is 1.66. The van der Waals surface area contributed by atoms with Crippen LogP contribution in [0.2, 0.25) is 0 Å². The number of anilines is 1. The molecule has 176 valence electrons. The number of methoxy groups -OCH3 is 1. The first-order chi connectivity index (χ1) is 16.4. The van der Waals surface area contributed by atoms with E-state index in [9.17, 15) is 4.79 Å². The van der Waals surface area contributed by atoms with Gasteiger partial charge in [-0.05, 0) is 81.3 Å². The molecule has 4 aromatic rings. The van der Waals surface area contributed by atoms with Crippen LogP contribution in [-0.2, 0) is 11.5 Å². The Kier molecular flexibility index (Phi) is 6.05. The number of amides is 1. The number of piperidine rings is 1. The summed E-state index contributed by atoms with van der Waals surface area (Å²) in [6.45, 7) is 6.08. The van der Waals surface area contributed by atoms with Crippen LogP contribution >= 0.6 is 12.2 Å². The van der Waals surface area contributed by atoms with E-state index in [2.05, 4.69) is 34.3 Å². The normalized spacial score (nSPS) is 16.7. The smallest absolute Gasteiger partial charge is 0.229 e. The van der Waals surface area contributed by atoms with Gasteiger partial charge in [0.05, 0.1) is 25.2 Å². The van der Waals surface area contributed by atoms with Crippen molar-refractivity contribution in [1.29, 1.82) is 0 Å². The second kappa shape index (κ2) is 9.15. The molecule has 4 heterocycles. The van der Waals surface area contributed by atoms with Gasteiger partial charge in [-0.25, -0.2) is 9.67 Å². The van der Waals surface area contributed by atoms with Crippen LogP contribution in [0.25, 0.3) is 16.6 Å². The standard InChI is InChI=1S/C25H28N6O2S/c1-16-12-23-28-30(25(34)31(23)21-13-19(33-3)9-10-20(16)21)15-29-11-5-7-18(14-29)24(32)27-22-8-4-6-17(2)26-22/h4,6,8-10,12-13,18H,5,7,11,14-15H2,1-3H3,(H,26,27,32). The van der Waals surface area contributed by atoms with Crippen molar-refractivity contribution in [3.8, 4) is 5.75 Å². The lowest BCUT2D eigenvalue weighted by Gasteiger charge is -2.31. The van der Waals surface area contributed by atoms with E-state index < -0.39 is 0 Å². The van der Waals surface area contributed by atoms with E-state index in [-0.39, 0.29) is 11.8 Å². The molecular formula is C25H28N6O2S. The number of benzene rings is 1. The van der Waals surface area contributed by atoms with Crippen LogP contribution in [0, 0.1) is 24.5 Å². The Labute approximate surface area is 203 Å². The molecule has 0 aliphatic carbocycles. The number of pyridine rings is 2. The van der Waals surface area contributed by atoms with Gasteiger partial charge in [0, 0.05) is 23.7 Å². The van der Waals surface area contributed by atoms with Gasteiger partial charge in [-0.3, -0.25) is 14.1 Å². The lowest BCUT2D eigenvalue weighted by atomic mass is 9.97. The van der Waals surface area contributed by atoms with Gasteiger partial charge in [0.2, 0.25) is 10.7 Å². The lowest BCUT2D eigenvalue weighted by Crippen LogP contribution is -2.41. The second-order valence-corrected chi connectivity index (χ2v) is 9.26. The van der Waals surface area contributed by atoms with Gasteiger partial charge in [-0.15, -0.1) is 0 Å². The van der Waals surface area contributed by atoms with E-state index >= 15 is 0 Å². The van der Waals surface area contributed by atoms with Crippen LogP contribution < -0.4 is 10.1 Å². The third-order valence-corrected chi connectivity index (χ3v) is 6.82. The molecule has 8 nitrogen and oxygen atoms in total. The molecular weight excluding hydrogens is 448 g/mol. The lowest BCUT2D eigenvalue weighted by molar-refractivity contribution is -0.121. The van der Waals surface area contributed by atoms with Gasteiger partial charge in [-0.1, -0.05) is 6.07 Å². The number of nitrogens with one attached hydrogen (secondary N) is 1. The minimum Gasteiger partial charge on any atom is -0.497 e. The predicted octanol–water partition coefficient (Wildman–Crippen LogP) is 4.35. The van der Waals surface area contributed by atoms with Gasteiger partial charge < -0.3 is 10.1 Å². The minimum absolute atomic E-state index is 0.00936. The molecule has 1 saturated heterocycles. The molecule has 0 radical (unpaired) electrons. The maximum absolute atomic E-state index is 12.9. The predicted molar refractivity (Wildman–Crippen MR) is 135 cm³/mol. The fourth-order valence-corrected chi connectivity index (χ4v) is 4.98. The summed E-state index contributed by atoms with van der Waals surface area (Å²) in [6.07, 6.45) is 1.80. The van der Waals surface area contributed by atoms with Gasteiger partial charge in [0.1, 0.15) is 11.6 Å². The van der Waals surface area contributed by atoms with E-state index in [1.807, 2.05) is 46.3 Å².